The number of fused-ring (bicyclic) bond motifs is 7. The maximum absolute atomic E-state index is 12.7. The molecule has 1 aromatic carbocycles. The first-order valence-electron chi connectivity index (χ1n) is 10.8. The van der Waals surface area contributed by atoms with E-state index >= 15 is 0 Å². The number of carbonyl (C=O) groups is 2. The van der Waals surface area contributed by atoms with E-state index < -0.39 is 5.97 Å². The minimum atomic E-state index is -0.579. The second kappa shape index (κ2) is 7.76. The largest absolute Gasteiger partial charge is 0.492 e. The van der Waals surface area contributed by atoms with Gasteiger partial charge in [-0.3, -0.25) is 9.69 Å². The molecule has 0 radical (unpaired) electrons. The number of benzene rings is 1. The zero-order valence-corrected chi connectivity index (χ0v) is 18.5. The summed E-state index contributed by atoms with van der Waals surface area (Å²) in [5, 5.41) is 0.526. The van der Waals surface area contributed by atoms with Crippen LogP contribution in [0.5, 0.6) is 5.75 Å². The lowest BCUT2D eigenvalue weighted by Crippen LogP contribution is -2.46. The summed E-state index contributed by atoms with van der Waals surface area (Å²) < 4.78 is 15.9. The Morgan fingerprint density at radius 3 is 2.74 bits per heavy atom. The summed E-state index contributed by atoms with van der Waals surface area (Å²) >= 11 is 6.58. The van der Waals surface area contributed by atoms with Crippen molar-refractivity contribution in [2.24, 2.45) is 0 Å². The number of halogens is 1. The van der Waals surface area contributed by atoms with Crippen molar-refractivity contribution in [2.45, 2.75) is 49.7 Å². The predicted octanol–water partition coefficient (Wildman–Crippen LogP) is 3.87. The van der Waals surface area contributed by atoms with Crippen LogP contribution in [0.4, 0.5) is 0 Å². The molecule has 6 nitrogen and oxygen atoms in total. The Morgan fingerprint density at radius 1 is 1.23 bits per heavy atom. The second-order valence-electron chi connectivity index (χ2n) is 8.73. The van der Waals surface area contributed by atoms with Gasteiger partial charge in [-0.15, -0.1) is 0 Å². The van der Waals surface area contributed by atoms with Crippen LogP contribution in [0.15, 0.2) is 29.9 Å². The molecule has 7 heteroatoms. The van der Waals surface area contributed by atoms with Crippen LogP contribution < -0.4 is 4.74 Å². The molecule has 0 amide bonds. The topological polar surface area (TPSA) is 65.1 Å². The third kappa shape index (κ3) is 3.32. The van der Waals surface area contributed by atoms with Crippen molar-refractivity contribution in [1.29, 1.82) is 0 Å². The standard InChI is InChI=1S/C24H26ClNO5/c1-29-8-3-9-31-22-13-16-14(10-18(22)25)15-12-21(27)17(23(28)30-2)11-20(15)26-19(16)4-5-24(26)6-7-24/h10-13,19-20H,3-9H2,1-2H3/t19-,20?/m1/s1. The average molecular weight is 444 g/mol. The van der Waals surface area contributed by atoms with Crippen molar-refractivity contribution in [3.05, 3.63) is 46.0 Å². The third-order valence-corrected chi connectivity index (χ3v) is 7.31. The number of hydrogen-bond acceptors (Lipinski definition) is 6. The van der Waals surface area contributed by atoms with Crippen molar-refractivity contribution >= 4 is 28.9 Å². The van der Waals surface area contributed by atoms with Gasteiger partial charge in [-0.05, 0) is 66.7 Å². The fourth-order valence-electron chi connectivity index (χ4n) is 5.42. The normalized spacial score (nSPS) is 25.3. The lowest BCUT2D eigenvalue weighted by molar-refractivity contribution is -0.137. The van der Waals surface area contributed by atoms with E-state index in [4.69, 9.17) is 25.8 Å². The van der Waals surface area contributed by atoms with Crippen LogP contribution >= 0.6 is 11.6 Å². The molecule has 5 rings (SSSR count). The number of rotatable bonds is 6. The number of nitrogens with zero attached hydrogens (tertiary/aromatic N) is 1. The van der Waals surface area contributed by atoms with Crippen LogP contribution in [0, 0.1) is 0 Å². The molecule has 4 aliphatic rings. The summed E-state index contributed by atoms with van der Waals surface area (Å²) in [4.78, 5) is 27.5. The number of esters is 1. The highest BCUT2D eigenvalue weighted by Crippen LogP contribution is 2.62. The SMILES string of the molecule is COCCCOc1cc2c(cc1Cl)C1=CC(=O)C(C(=O)OC)=CC1N1[C@@H]2CCC12CC2. The molecule has 2 heterocycles. The molecular formula is C24H26ClNO5. The van der Waals surface area contributed by atoms with E-state index in [1.54, 1.807) is 19.3 Å². The fourth-order valence-corrected chi connectivity index (χ4v) is 5.64. The Morgan fingerprint density at radius 2 is 2.03 bits per heavy atom. The molecule has 0 aromatic heterocycles. The summed E-state index contributed by atoms with van der Waals surface area (Å²) in [6, 6.07) is 4.05. The minimum absolute atomic E-state index is 0.116. The lowest BCUT2D eigenvalue weighted by atomic mass is 9.80. The summed E-state index contributed by atoms with van der Waals surface area (Å²) in [7, 11) is 2.98. The van der Waals surface area contributed by atoms with Crippen LogP contribution in [0.25, 0.3) is 5.57 Å². The van der Waals surface area contributed by atoms with Gasteiger partial charge in [-0.2, -0.15) is 0 Å². The van der Waals surface area contributed by atoms with E-state index in [9.17, 15) is 9.59 Å². The highest BCUT2D eigenvalue weighted by molar-refractivity contribution is 6.32. The molecule has 2 aliphatic carbocycles. The van der Waals surface area contributed by atoms with Crippen LogP contribution in [0.2, 0.25) is 5.02 Å². The number of ketones is 1. The van der Waals surface area contributed by atoms with Crippen molar-refractivity contribution in [3.8, 4) is 5.75 Å². The molecule has 0 N–H and O–H groups in total. The molecular weight excluding hydrogens is 418 g/mol. The maximum atomic E-state index is 12.7. The number of ether oxygens (including phenoxy) is 3. The van der Waals surface area contributed by atoms with Gasteiger partial charge in [0.05, 0.1) is 24.8 Å². The maximum Gasteiger partial charge on any atom is 0.341 e. The summed E-state index contributed by atoms with van der Waals surface area (Å²) in [5.74, 6) is -0.229. The summed E-state index contributed by atoms with van der Waals surface area (Å²) in [6.45, 7) is 1.16. The highest BCUT2D eigenvalue weighted by atomic mass is 35.5. The predicted molar refractivity (Wildman–Crippen MR) is 116 cm³/mol. The second-order valence-corrected chi connectivity index (χ2v) is 9.14. The number of methoxy groups -OCH3 is 2. The minimum Gasteiger partial charge on any atom is -0.492 e. The molecule has 1 saturated heterocycles. The molecule has 0 bridgehead atoms. The Bertz CT molecular complexity index is 1010. The van der Waals surface area contributed by atoms with E-state index in [-0.39, 0.29) is 29.0 Å². The van der Waals surface area contributed by atoms with Gasteiger partial charge in [0.25, 0.3) is 0 Å². The van der Waals surface area contributed by atoms with E-state index in [2.05, 4.69) is 4.90 Å². The quantitative estimate of drug-likeness (QED) is 0.378. The van der Waals surface area contributed by atoms with Crippen molar-refractivity contribution in [3.63, 3.8) is 0 Å². The first-order chi connectivity index (χ1) is 15.0. The van der Waals surface area contributed by atoms with Gasteiger partial charge in [0.1, 0.15) is 11.3 Å². The Labute approximate surface area is 186 Å². The zero-order valence-electron chi connectivity index (χ0n) is 17.8. The highest BCUT2D eigenvalue weighted by Gasteiger charge is 2.59. The van der Waals surface area contributed by atoms with Gasteiger partial charge < -0.3 is 14.2 Å². The molecule has 2 atom stereocenters. The molecule has 2 aliphatic heterocycles. The Hall–Kier alpha value is -2.15. The monoisotopic (exact) mass is 443 g/mol. The average Bonchev–Trinajstić information content (AvgIpc) is 3.45. The van der Waals surface area contributed by atoms with E-state index in [0.29, 0.717) is 24.0 Å². The number of allylic oxidation sites excluding steroid dienone is 1. The van der Waals surface area contributed by atoms with Crippen molar-refractivity contribution < 1.29 is 23.8 Å². The first kappa shape index (κ1) is 20.7. The van der Waals surface area contributed by atoms with Crippen LogP contribution in [0.3, 0.4) is 0 Å². The summed E-state index contributed by atoms with van der Waals surface area (Å²) in [5.41, 5.74) is 3.31. The van der Waals surface area contributed by atoms with E-state index in [0.717, 1.165) is 48.8 Å². The fraction of sp³-hybridized carbons (Fsp3) is 0.500. The van der Waals surface area contributed by atoms with E-state index in [1.165, 1.54) is 7.11 Å². The van der Waals surface area contributed by atoms with Gasteiger partial charge in [-0.25, -0.2) is 4.79 Å². The smallest absolute Gasteiger partial charge is 0.341 e. The third-order valence-electron chi connectivity index (χ3n) is 7.02. The van der Waals surface area contributed by atoms with Gasteiger partial charge in [-0.1, -0.05) is 11.6 Å². The summed E-state index contributed by atoms with van der Waals surface area (Å²) in [6.07, 6.45) is 8.62. The van der Waals surface area contributed by atoms with Crippen LogP contribution in [-0.4, -0.2) is 55.7 Å². The lowest BCUT2D eigenvalue weighted by Gasteiger charge is -2.44. The van der Waals surface area contributed by atoms with E-state index in [1.807, 2.05) is 12.1 Å². The molecule has 1 unspecified atom stereocenters. The Kier molecular flexibility index (Phi) is 5.19. The van der Waals surface area contributed by atoms with Gasteiger partial charge >= 0.3 is 5.97 Å². The van der Waals surface area contributed by atoms with Crippen molar-refractivity contribution in [1.82, 2.24) is 4.90 Å². The van der Waals surface area contributed by atoms with Crippen molar-refractivity contribution in [2.75, 3.05) is 27.4 Å². The van der Waals surface area contributed by atoms with Crippen LogP contribution in [0.1, 0.15) is 49.3 Å². The van der Waals surface area contributed by atoms with Crippen LogP contribution in [-0.2, 0) is 19.1 Å². The molecule has 1 saturated carbocycles. The molecule has 31 heavy (non-hydrogen) atoms. The number of hydrogen-bond donors (Lipinski definition) is 0. The molecule has 2 fully saturated rings. The zero-order chi connectivity index (χ0) is 21.8. The number of carbonyl (C=O) groups excluding carboxylic acids is 2. The molecule has 1 aromatic rings. The molecule has 1 spiro atoms. The van der Waals surface area contributed by atoms with Gasteiger partial charge in [0.15, 0.2) is 5.78 Å². The Balaban J connectivity index is 1.57. The molecule has 164 valence electrons. The first-order valence-corrected chi connectivity index (χ1v) is 11.2. The van der Waals surface area contributed by atoms with Gasteiger partial charge in [0, 0.05) is 31.7 Å². The van der Waals surface area contributed by atoms with Gasteiger partial charge in [0.2, 0.25) is 0 Å².